The molecule has 0 aliphatic heterocycles. The first-order valence-corrected chi connectivity index (χ1v) is 5.34. The van der Waals surface area contributed by atoms with Crippen molar-refractivity contribution in [3.8, 4) is 6.07 Å². The Morgan fingerprint density at radius 3 is 2.42 bits per heavy atom. The highest BCUT2D eigenvalue weighted by atomic mass is 35.5. The van der Waals surface area contributed by atoms with E-state index in [1.54, 1.807) is 0 Å². The normalized spacial score (nSPS) is 12.4. The van der Waals surface area contributed by atoms with Crippen LogP contribution in [0.5, 0.6) is 0 Å². The molecule has 0 aromatic carbocycles. The van der Waals surface area contributed by atoms with Gasteiger partial charge in [0.25, 0.3) is 0 Å². The van der Waals surface area contributed by atoms with E-state index in [1.807, 2.05) is 0 Å². The van der Waals surface area contributed by atoms with Gasteiger partial charge in [-0.15, -0.1) is 11.6 Å². The molecule has 0 saturated heterocycles. The Kier molecular flexibility index (Phi) is 8.71. The highest BCUT2D eigenvalue weighted by Gasteiger charge is 2.03. The monoisotopic (exact) mass is 187 g/mol. The second kappa shape index (κ2) is 8.87. The van der Waals surface area contributed by atoms with Crippen LogP contribution in [0.1, 0.15) is 45.4 Å². The second-order valence-corrected chi connectivity index (χ2v) is 3.49. The summed E-state index contributed by atoms with van der Waals surface area (Å²) in [6.45, 7) is 2.21. The standard InChI is InChI=1S/C10H18ClN/c1-2-3-4-5-6-7-10(8-11)9-12/h10H,2-8H2,1H3. The molecule has 0 fully saturated rings. The summed E-state index contributed by atoms with van der Waals surface area (Å²) in [7, 11) is 0. The van der Waals surface area contributed by atoms with Crippen molar-refractivity contribution < 1.29 is 0 Å². The van der Waals surface area contributed by atoms with Crippen LogP contribution in [0.2, 0.25) is 0 Å². The van der Waals surface area contributed by atoms with Gasteiger partial charge in [0.1, 0.15) is 0 Å². The third kappa shape index (κ3) is 6.49. The van der Waals surface area contributed by atoms with Crippen molar-refractivity contribution >= 4 is 11.6 Å². The second-order valence-electron chi connectivity index (χ2n) is 3.18. The van der Waals surface area contributed by atoms with E-state index < -0.39 is 0 Å². The van der Waals surface area contributed by atoms with Crippen molar-refractivity contribution in [2.75, 3.05) is 5.88 Å². The molecule has 1 atom stereocenters. The van der Waals surface area contributed by atoms with Gasteiger partial charge in [-0.05, 0) is 6.42 Å². The molecule has 0 bridgehead atoms. The highest BCUT2D eigenvalue weighted by molar-refractivity contribution is 6.18. The van der Waals surface area contributed by atoms with Crippen LogP contribution in [0.25, 0.3) is 0 Å². The van der Waals surface area contributed by atoms with E-state index in [2.05, 4.69) is 13.0 Å². The van der Waals surface area contributed by atoms with Crippen molar-refractivity contribution in [1.29, 1.82) is 5.26 Å². The fourth-order valence-electron chi connectivity index (χ4n) is 1.17. The Labute approximate surface area is 80.7 Å². The number of alkyl halides is 1. The zero-order valence-corrected chi connectivity index (χ0v) is 8.61. The van der Waals surface area contributed by atoms with Gasteiger partial charge < -0.3 is 0 Å². The molecule has 0 heterocycles. The van der Waals surface area contributed by atoms with Crippen LogP contribution in [0.4, 0.5) is 0 Å². The number of unbranched alkanes of at least 4 members (excludes halogenated alkanes) is 4. The summed E-state index contributed by atoms with van der Waals surface area (Å²) >= 11 is 5.59. The molecule has 0 amide bonds. The Bertz CT molecular complexity index is 128. The van der Waals surface area contributed by atoms with E-state index in [9.17, 15) is 0 Å². The third-order valence-corrected chi connectivity index (χ3v) is 2.40. The predicted molar refractivity (Wildman–Crippen MR) is 53.2 cm³/mol. The summed E-state index contributed by atoms with van der Waals surface area (Å²) in [5, 5.41) is 8.59. The summed E-state index contributed by atoms with van der Waals surface area (Å²) in [6.07, 6.45) is 7.28. The molecule has 0 spiro atoms. The van der Waals surface area contributed by atoms with E-state index in [0.717, 1.165) is 12.8 Å². The van der Waals surface area contributed by atoms with E-state index >= 15 is 0 Å². The van der Waals surface area contributed by atoms with Gasteiger partial charge in [0.15, 0.2) is 0 Å². The summed E-state index contributed by atoms with van der Waals surface area (Å²) in [6, 6.07) is 2.21. The van der Waals surface area contributed by atoms with Crippen LogP contribution in [0, 0.1) is 17.2 Å². The van der Waals surface area contributed by atoms with Crippen LogP contribution in [0.15, 0.2) is 0 Å². The van der Waals surface area contributed by atoms with Crippen LogP contribution >= 0.6 is 11.6 Å². The number of nitriles is 1. The van der Waals surface area contributed by atoms with Gasteiger partial charge >= 0.3 is 0 Å². The molecule has 0 aliphatic rings. The minimum atomic E-state index is 0.0771. The third-order valence-electron chi connectivity index (χ3n) is 2.02. The minimum Gasteiger partial charge on any atom is -0.198 e. The van der Waals surface area contributed by atoms with Gasteiger partial charge in [-0.3, -0.25) is 0 Å². The van der Waals surface area contributed by atoms with E-state index in [1.165, 1.54) is 25.7 Å². The quantitative estimate of drug-likeness (QED) is 0.440. The maximum Gasteiger partial charge on any atom is 0.0668 e. The maximum atomic E-state index is 8.59. The van der Waals surface area contributed by atoms with Gasteiger partial charge in [-0.25, -0.2) is 0 Å². The van der Waals surface area contributed by atoms with Gasteiger partial charge in [0, 0.05) is 5.88 Å². The van der Waals surface area contributed by atoms with Crippen LogP contribution < -0.4 is 0 Å². The molecule has 0 aliphatic carbocycles. The summed E-state index contributed by atoms with van der Waals surface area (Å²) in [5.41, 5.74) is 0. The van der Waals surface area contributed by atoms with Gasteiger partial charge in [0.2, 0.25) is 0 Å². The molecular formula is C10H18ClN. The summed E-state index contributed by atoms with van der Waals surface area (Å²) in [4.78, 5) is 0. The molecule has 1 unspecified atom stereocenters. The van der Waals surface area contributed by atoms with Crippen molar-refractivity contribution in [3.63, 3.8) is 0 Å². The SMILES string of the molecule is CCCCCCCC(C#N)CCl. The molecule has 0 aromatic rings. The lowest BCUT2D eigenvalue weighted by Gasteiger charge is -2.03. The van der Waals surface area contributed by atoms with Crippen LogP contribution in [0.3, 0.4) is 0 Å². The summed E-state index contributed by atoms with van der Waals surface area (Å²) < 4.78 is 0. The summed E-state index contributed by atoms with van der Waals surface area (Å²) in [5.74, 6) is 0.567. The number of rotatable bonds is 7. The van der Waals surface area contributed by atoms with E-state index in [0.29, 0.717) is 5.88 Å². The zero-order valence-electron chi connectivity index (χ0n) is 7.85. The maximum absolute atomic E-state index is 8.59. The lowest BCUT2D eigenvalue weighted by atomic mass is 10.0. The Morgan fingerprint density at radius 2 is 1.92 bits per heavy atom. The predicted octanol–water partition coefficient (Wildman–Crippen LogP) is 3.73. The lowest BCUT2D eigenvalue weighted by molar-refractivity contribution is 0.559. The van der Waals surface area contributed by atoms with Crippen LogP contribution in [-0.4, -0.2) is 5.88 Å². The minimum absolute atomic E-state index is 0.0771. The highest BCUT2D eigenvalue weighted by Crippen LogP contribution is 2.12. The van der Waals surface area contributed by atoms with Crippen molar-refractivity contribution in [3.05, 3.63) is 0 Å². The molecule has 0 aromatic heterocycles. The molecule has 2 heteroatoms. The van der Waals surface area contributed by atoms with Gasteiger partial charge in [-0.1, -0.05) is 39.0 Å². The number of hydrogen-bond donors (Lipinski definition) is 0. The average Bonchev–Trinajstić information content (AvgIpc) is 2.11. The van der Waals surface area contributed by atoms with Gasteiger partial charge in [-0.2, -0.15) is 5.26 Å². The molecule has 12 heavy (non-hydrogen) atoms. The fourth-order valence-corrected chi connectivity index (χ4v) is 1.39. The molecule has 0 radical (unpaired) electrons. The smallest absolute Gasteiger partial charge is 0.0668 e. The Balaban J connectivity index is 3.13. The zero-order chi connectivity index (χ0) is 9.23. The first-order chi connectivity index (χ1) is 5.85. The number of hydrogen-bond acceptors (Lipinski definition) is 1. The molecule has 0 saturated carbocycles. The lowest BCUT2D eigenvalue weighted by Crippen LogP contribution is -1.97. The van der Waals surface area contributed by atoms with Gasteiger partial charge in [0.05, 0.1) is 12.0 Å². The van der Waals surface area contributed by atoms with E-state index in [4.69, 9.17) is 16.9 Å². The molecule has 70 valence electrons. The van der Waals surface area contributed by atoms with Crippen LogP contribution in [-0.2, 0) is 0 Å². The molecule has 1 nitrogen and oxygen atoms in total. The first kappa shape index (κ1) is 11.8. The van der Waals surface area contributed by atoms with Crippen molar-refractivity contribution in [1.82, 2.24) is 0 Å². The largest absolute Gasteiger partial charge is 0.198 e. The molecular weight excluding hydrogens is 170 g/mol. The molecule has 0 N–H and O–H groups in total. The molecule has 0 rings (SSSR count). The Hall–Kier alpha value is -0.220. The topological polar surface area (TPSA) is 23.8 Å². The van der Waals surface area contributed by atoms with Crippen molar-refractivity contribution in [2.45, 2.75) is 45.4 Å². The fraction of sp³-hybridized carbons (Fsp3) is 0.900. The van der Waals surface area contributed by atoms with Crippen molar-refractivity contribution in [2.24, 2.45) is 5.92 Å². The number of nitrogens with zero attached hydrogens (tertiary/aromatic N) is 1. The first-order valence-electron chi connectivity index (χ1n) is 4.80. The number of halogens is 1. The Morgan fingerprint density at radius 1 is 1.25 bits per heavy atom. The average molecular weight is 188 g/mol. The van der Waals surface area contributed by atoms with E-state index in [-0.39, 0.29) is 5.92 Å².